The van der Waals surface area contributed by atoms with E-state index in [0.717, 1.165) is 31.6 Å². The van der Waals surface area contributed by atoms with Gasteiger partial charge in [-0.2, -0.15) is 0 Å². The smallest absolute Gasteiger partial charge is 0.268 e. The molecule has 1 fully saturated rings. The largest absolute Gasteiger partial charge is 0.381 e. The van der Waals surface area contributed by atoms with Gasteiger partial charge in [-0.15, -0.1) is 11.3 Å². The molecule has 1 aliphatic rings. The number of aromatic nitrogens is 2. The van der Waals surface area contributed by atoms with Crippen molar-refractivity contribution in [2.75, 3.05) is 13.2 Å². The molecule has 0 spiro atoms. The van der Waals surface area contributed by atoms with Crippen LogP contribution in [0.25, 0.3) is 10.2 Å². The van der Waals surface area contributed by atoms with E-state index in [2.05, 4.69) is 22.2 Å². The topological polar surface area (TPSA) is 67.0 Å². The molecule has 0 saturated carbocycles. The van der Waals surface area contributed by atoms with Crippen LogP contribution in [0, 0.1) is 5.92 Å². The molecule has 20 heavy (non-hydrogen) atoms. The highest BCUT2D eigenvalue weighted by molar-refractivity contribution is 7.17. The zero-order chi connectivity index (χ0) is 13.9. The number of rotatable bonds is 4. The molecule has 0 aromatic carbocycles. The SMILES string of the molecule is CC(NCc1nc2ccsc2c(=O)[nH]1)C1CCOCC1. The summed E-state index contributed by atoms with van der Waals surface area (Å²) in [6.07, 6.45) is 2.20. The van der Waals surface area contributed by atoms with Crippen molar-refractivity contribution in [2.45, 2.75) is 32.4 Å². The van der Waals surface area contributed by atoms with Crippen molar-refractivity contribution >= 4 is 21.6 Å². The minimum Gasteiger partial charge on any atom is -0.381 e. The second kappa shape index (κ2) is 6.03. The third-order valence-electron chi connectivity index (χ3n) is 3.93. The van der Waals surface area contributed by atoms with E-state index < -0.39 is 0 Å². The Kier molecular flexibility index (Phi) is 4.14. The van der Waals surface area contributed by atoms with E-state index in [1.54, 1.807) is 0 Å². The number of ether oxygens (including phenoxy) is 1. The first-order valence-electron chi connectivity index (χ1n) is 7.01. The average molecular weight is 293 g/mol. The van der Waals surface area contributed by atoms with Gasteiger partial charge in [0.2, 0.25) is 0 Å². The normalized spacial score (nSPS) is 18.4. The van der Waals surface area contributed by atoms with E-state index in [1.807, 2.05) is 11.4 Å². The third-order valence-corrected chi connectivity index (χ3v) is 4.83. The summed E-state index contributed by atoms with van der Waals surface area (Å²) in [6, 6.07) is 2.29. The van der Waals surface area contributed by atoms with Gasteiger partial charge in [0.1, 0.15) is 10.5 Å². The van der Waals surface area contributed by atoms with Gasteiger partial charge in [-0.05, 0) is 37.1 Å². The van der Waals surface area contributed by atoms with Crippen LogP contribution < -0.4 is 10.9 Å². The van der Waals surface area contributed by atoms with Crippen LogP contribution in [0.5, 0.6) is 0 Å². The first-order valence-corrected chi connectivity index (χ1v) is 7.89. The minimum absolute atomic E-state index is 0.0412. The van der Waals surface area contributed by atoms with E-state index in [0.29, 0.717) is 29.0 Å². The van der Waals surface area contributed by atoms with Crippen molar-refractivity contribution in [2.24, 2.45) is 5.92 Å². The van der Waals surface area contributed by atoms with E-state index in [-0.39, 0.29) is 5.56 Å². The molecular weight excluding hydrogens is 274 g/mol. The zero-order valence-electron chi connectivity index (χ0n) is 11.5. The summed E-state index contributed by atoms with van der Waals surface area (Å²) in [4.78, 5) is 19.2. The summed E-state index contributed by atoms with van der Waals surface area (Å²) in [6.45, 7) is 4.50. The summed E-state index contributed by atoms with van der Waals surface area (Å²) in [5.41, 5.74) is 0.745. The molecule has 5 nitrogen and oxygen atoms in total. The summed E-state index contributed by atoms with van der Waals surface area (Å²) >= 11 is 1.43. The maximum Gasteiger partial charge on any atom is 0.268 e. The van der Waals surface area contributed by atoms with Gasteiger partial charge in [0.15, 0.2) is 0 Å². The predicted molar refractivity (Wildman–Crippen MR) is 80.1 cm³/mol. The molecule has 3 heterocycles. The summed E-state index contributed by atoms with van der Waals surface area (Å²) < 4.78 is 6.08. The van der Waals surface area contributed by atoms with Crippen LogP contribution in [-0.2, 0) is 11.3 Å². The molecule has 1 atom stereocenters. The molecule has 1 saturated heterocycles. The lowest BCUT2D eigenvalue weighted by Gasteiger charge is -2.28. The number of nitrogens with one attached hydrogen (secondary N) is 2. The van der Waals surface area contributed by atoms with Gasteiger partial charge < -0.3 is 15.0 Å². The van der Waals surface area contributed by atoms with Crippen molar-refractivity contribution < 1.29 is 4.74 Å². The van der Waals surface area contributed by atoms with Crippen LogP contribution in [0.3, 0.4) is 0 Å². The lowest BCUT2D eigenvalue weighted by Crippen LogP contribution is -2.37. The molecule has 2 aromatic rings. The molecule has 3 rings (SSSR count). The molecule has 1 unspecified atom stereocenters. The van der Waals surface area contributed by atoms with Crippen LogP contribution in [0.15, 0.2) is 16.2 Å². The van der Waals surface area contributed by atoms with E-state index in [4.69, 9.17) is 4.74 Å². The molecule has 0 bridgehead atoms. The summed E-state index contributed by atoms with van der Waals surface area (Å²) in [5.74, 6) is 1.35. The van der Waals surface area contributed by atoms with Crippen LogP contribution in [0.1, 0.15) is 25.6 Å². The predicted octanol–water partition coefficient (Wildman–Crippen LogP) is 1.89. The van der Waals surface area contributed by atoms with E-state index in [1.165, 1.54) is 11.3 Å². The lowest BCUT2D eigenvalue weighted by atomic mass is 9.93. The van der Waals surface area contributed by atoms with Gasteiger partial charge in [0, 0.05) is 19.3 Å². The fraction of sp³-hybridized carbons (Fsp3) is 0.571. The third kappa shape index (κ3) is 2.92. The highest BCUT2D eigenvalue weighted by atomic mass is 32.1. The van der Waals surface area contributed by atoms with Crippen molar-refractivity contribution in [1.82, 2.24) is 15.3 Å². The Morgan fingerprint density at radius 1 is 1.55 bits per heavy atom. The number of thiophene rings is 1. The van der Waals surface area contributed by atoms with Crippen LogP contribution in [0.4, 0.5) is 0 Å². The van der Waals surface area contributed by atoms with Gasteiger partial charge in [-0.25, -0.2) is 4.98 Å². The monoisotopic (exact) mass is 293 g/mol. The molecule has 2 N–H and O–H groups in total. The van der Waals surface area contributed by atoms with Crippen LogP contribution in [0.2, 0.25) is 0 Å². The zero-order valence-corrected chi connectivity index (χ0v) is 12.3. The molecule has 0 radical (unpaired) electrons. The van der Waals surface area contributed by atoms with Gasteiger partial charge in [0.05, 0.1) is 12.1 Å². The summed E-state index contributed by atoms with van der Waals surface area (Å²) in [7, 11) is 0. The van der Waals surface area contributed by atoms with Gasteiger partial charge in [0.25, 0.3) is 5.56 Å². The molecule has 2 aromatic heterocycles. The van der Waals surface area contributed by atoms with Crippen molar-refractivity contribution in [3.8, 4) is 0 Å². The fourth-order valence-electron chi connectivity index (χ4n) is 2.65. The van der Waals surface area contributed by atoms with Crippen molar-refractivity contribution in [3.63, 3.8) is 0 Å². The van der Waals surface area contributed by atoms with Crippen LogP contribution >= 0.6 is 11.3 Å². The fourth-order valence-corrected chi connectivity index (χ4v) is 3.37. The van der Waals surface area contributed by atoms with Gasteiger partial charge in [-0.3, -0.25) is 4.79 Å². The van der Waals surface area contributed by atoms with Crippen molar-refractivity contribution in [3.05, 3.63) is 27.6 Å². The van der Waals surface area contributed by atoms with Gasteiger partial charge in [-0.1, -0.05) is 0 Å². The Morgan fingerprint density at radius 3 is 3.15 bits per heavy atom. The number of aromatic amines is 1. The molecule has 108 valence electrons. The quantitative estimate of drug-likeness (QED) is 0.903. The van der Waals surface area contributed by atoms with E-state index in [9.17, 15) is 4.79 Å². The lowest BCUT2D eigenvalue weighted by molar-refractivity contribution is 0.0557. The maximum absolute atomic E-state index is 11.9. The molecule has 0 amide bonds. The first-order chi connectivity index (χ1) is 9.74. The Bertz CT molecular complexity index is 631. The second-order valence-electron chi connectivity index (χ2n) is 5.27. The molecule has 1 aliphatic heterocycles. The van der Waals surface area contributed by atoms with Gasteiger partial charge >= 0.3 is 0 Å². The molecule has 6 heteroatoms. The highest BCUT2D eigenvalue weighted by Gasteiger charge is 2.20. The maximum atomic E-state index is 11.9. The number of fused-ring (bicyclic) bond motifs is 1. The Labute approximate surface area is 121 Å². The molecule has 0 aliphatic carbocycles. The number of hydrogen-bond acceptors (Lipinski definition) is 5. The highest BCUT2D eigenvalue weighted by Crippen LogP contribution is 2.19. The number of nitrogens with zero attached hydrogens (tertiary/aromatic N) is 1. The summed E-state index contributed by atoms with van der Waals surface area (Å²) in [5, 5.41) is 5.37. The Hall–Kier alpha value is -1.24. The van der Waals surface area contributed by atoms with Crippen LogP contribution in [-0.4, -0.2) is 29.2 Å². The van der Waals surface area contributed by atoms with E-state index >= 15 is 0 Å². The minimum atomic E-state index is -0.0412. The Morgan fingerprint density at radius 2 is 2.35 bits per heavy atom. The number of hydrogen-bond donors (Lipinski definition) is 2. The van der Waals surface area contributed by atoms with Crippen molar-refractivity contribution in [1.29, 1.82) is 0 Å². The Balaban J connectivity index is 1.65. The standard InChI is InChI=1S/C14H19N3O2S/c1-9(10-2-5-19-6-3-10)15-8-12-16-11-4-7-20-13(11)14(18)17-12/h4,7,9-10,15H,2-3,5-6,8H2,1H3,(H,16,17,18). The average Bonchev–Trinajstić information content (AvgIpc) is 2.94. The second-order valence-corrected chi connectivity index (χ2v) is 6.18. The first kappa shape index (κ1) is 13.7. The molecular formula is C14H19N3O2S. The number of H-pyrrole nitrogens is 1.